The second-order valence-electron chi connectivity index (χ2n) is 10.5. The molecule has 0 aliphatic carbocycles. The molecular weight excluding hydrogens is 496 g/mol. The lowest BCUT2D eigenvalue weighted by Crippen LogP contribution is -2.27. The molecule has 0 spiro atoms. The Hall–Kier alpha value is -1.91. The van der Waals surface area contributed by atoms with Crippen LogP contribution in [0.3, 0.4) is 0 Å². The van der Waals surface area contributed by atoms with Crippen LogP contribution in [-0.4, -0.2) is 37.0 Å². The Morgan fingerprint density at radius 1 is 0.625 bits per heavy atom. The number of hydrogen-bond acceptors (Lipinski definition) is 4. The average Bonchev–Trinajstić information content (AvgIpc) is 2.96. The molecule has 230 valence electrons. The highest BCUT2D eigenvalue weighted by molar-refractivity contribution is 5.69. The quantitative estimate of drug-likeness (QED) is 0.0564. The number of ether oxygens (including phenoxy) is 2. The van der Waals surface area contributed by atoms with E-state index in [-0.39, 0.29) is 19.2 Å². The van der Waals surface area contributed by atoms with Crippen LogP contribution in [0.15, 0.2) is 60.8 Å². The van der Waals surface area contributed by atoms with E-state index in [1.807, 2.05) is 0 Å². The van der Waals surface area contributed by atoms with Crippen LogP contribution in [0.25, 0.3) is 0 Å². The number of aliphatic hydroxyl groups excluding tert-OH is 1. The monoisotopic (exact) mass is 558 g/mol. The van der Waals surface area contributed by atoms with Crippen molar-refractivity contribution in [2.75, 3.05) is 19.8 Å². The normalized spacial score (nSPS) is 13.2. The van der Waals surface area contributed by atoms with Crippen molar-refractivity contribution in [2.45, 2.75) is 142 Å². The SMILES string of the molecule is CC/C=C\C/C=C\C/C=C\C/C=C\C/C=C\CCCC(=O)OC(CO)COCCCCCCCCCCCCC. The number of aliphatic hydroxyl groups is 1. The summed E-state index contributed by atoms with van der Waals surface area (Å²) in [6, 6.07) is 0. The molecule has 4 nitrogen and oxygen atoms in total. The molecule has 0 saturated carbocycles. The Bertz CT molecular complexity index is 674. The first-order valence-electron chi connectivity index (χ1n) is 16.4. The maximum Gasteiger partial charge on any atom is 0.306 e. The van der Waals surface area contributed by atoms with Crippen molar-refractivity contribution in [1.29, 1.82) is 0 Å². The summed E-state index contributed by atoms with van der Waals surface area (Å²) in [5, 5.41) is 9.50. The fourth-order valence-corrected chi connectivity index (χ4v) is 4.18. The summed E-state index contributed by atoms with van der Waals surface area (Å²) < 4.78 is 11.0. The lowest BCUT2D eigenvalue weighted by Gasteiger charge is -2.15. The predicted molar refractivity (Wildman–Crippen MR) is 173 cm³/mol. The van der Waals surface area contributed by atoms with Crippen LogP contribution >= 0.6 is 0 Å². The molecule has 1 unspecified atom stereocenters. The highest BCUT2D eigenvalue weighted by atomic mass is 16.6. The topological polar surface area (TPSA) is 55.8 Å². The van der Waals surface area contributed by atoms with E-state index < -0.39 is 6.10 Å². The van der Waals surface area contributed by atoms with Crippen LogP contribution in [-0.2, 0) is 14.3 Å². The van der Waals surface area contributed by atoms with Crippen LogP contribution in [0.4, 0.5) is 0 Å². The van der Waals surface area contributed by atoms with Gasteiger partial charge in [0.2, 0.25) is 0 Å². The predicted octanol–water partition coefficient (Wildman–Crippen LogP) is 10.1. The summed E-state index contributed by atoms with van der Waals surface area (Å²) in [6.07, 6.45) is 42.5. The number of carbonyl (C=O) groups excluding carboxylic acids is 1. The van der Waals surface area contributed by atoms with Gasteiger partial charge in [-0.1, -0.05) is 139 Å². The molecule has 0 radical (unpaired) electrons. The molecule has 0 aromatic carbocycles. The molecule has 0 aliphatic rings. The molecule has 1 atom stereocenters. The van der Waals surface area contributed by atoms with E-state index in [2.05, 4.69) is 74.6 Å². The minimum absolute atomic E-state index is 0.196. The highest BCUT2D eigenvalue weighted by Gasteiger charge is 2.13. The first kappa shape index (κ1) is 38.1. The standard InChI is InChI=1S/C36H62O4/c1-3-5-7-9-11-13-15-16-17-18-19-20-21-23-25-27-29-31-36(38)40-35(33-37)34-39-32-30-28-26-24-22-14-12-10-8-6-4-2/h5,7,11,13,16-17,19-20,23,25,35,37H,3-4,6,8-10,12,14-15,18,21-22,24,26-34H2,1-2H3/b7-5-,13-11-,17-16-,20-19-,25-23-. The Morgan fingerprint density at radius 2 is 1.10 bits per heavy atom. The van der Waals surface area contributed by atoms with E-state index in [1.54, 1.807) is 0 Å². The van der Waals surface area contributed by atoms with Gasteiger partial charge in [0, 0.05) is 13.0 Å². The summed E-state index contributed by atoms with van der Waals surface area (Å²) >= 11 is 0. The van der Waals surface area contributed by atoms with Crippen molar-refractivity contribution in [3.63, 3.8) is 0 Å². The van der Waals surface area contributed by atoms with Gasteiger partial charge in [0.1, 0.15) is 6.10 Å². The molecule has 0 aromatic heterocycles. The van der Waals surface area contributed by atoms with Crippen molar-refractivity contribution >= 4 is 5.97 Å². The van der Waals surface area contributed by atoms with Gasteiger partial charge in [0.05, 0.1) is 13.2 Å². The maximum atomic E-state index is 12.1. The van der Waals surface area contributed by atoms with Gasteiger partial charge in [-0.15, -0.1) is 0 Å². The number of unbranched alkanes of at least 4 members (excludes halogenated alkanes) is 11. The lowest BCUT2D eigenvalue weighted by atomic mass is 10.1. The second kappa shape index (κ2) is 33.3. The molecule has 0 aliphatic heterocycles. The van der Waals surface area contributed by atoms with Gasteiger partial charge in [0.25, 0.3) is 0 Å². The summed E-state index contributed by atoms with van der Waals surface area (Å²) in [6.45, 7) is 5.15. The molecule has 0 saturated heterocycles. The van der Waals surface area contributed by atoms with E-state index in [9.17, 15) is 9.90 Å². The number of allylic oxidation sites excluding steroid dienone is 10. The van der Waals surface area contributed by atoms with Crippen molar-refractivity contribution in [3.05, 3.63) is 60.8 Å². The molecule has 0 bridgehead atoms. The molecule has 40 heavy (non-hydrogen) atoms. The minimum atomic E-state index is -0.561. The second-order valence-corrected chi connectivity index (χ2v) is 10.5. The van der Waals surface area contributed by atoms with Gasteiger partial charge in [-0.2, -0.15) is 0 Å². The zero-order valence-corrected chi connectivity index (χ0v) is 26.1. The minimum Gasteiger partial charge on any atom is -0.457 e. The van der Waals surface area contributed by atoms with E-state index in [4.69, 9.17) is 9.47 Å². The maximum absolute atomic E-state index is 12.1. The summed E-state index contributed by atoms with van der Waals surface area (Å²) in [5.74, 6) is -0.260. The molecule has 0 heterocycles. The summed E-state index contributed by atoms with van der Waals surface area (Å²) in [7, 11) is 0. The zero-order chi connectivity index (χ0) is 29.2. The van der Waals surface area contributed by atoms with Crippen molar-refractivity contribution in [2.24, 2.45) is 0 Å². The average molecular weight is 559 g/mol. The third-order valence-corrected chi connectivity index (χ3v) is 6.61. The van der Waals surface area contributed by atoms with E-state index in [1.165, 1.54) is 64.2 Å². The third kappa shape index (κ3) is 30.6. The fraction of sp³-hybridized carbons (Fsp3) is 0.694. The number of carbonyl (C=O) groups is 1. The highest BCUT2D eigenvalue weighted by Crippen LogP contribution is 2.11. The summed E-state index contributed by atoms with van der Waals surface area (Å²) in [4.78, 5) is 12.1. The molecule has 0 amide bonds. The van der Waals surface area contributed by atoms with Gasteiger partial charge in [0.15, 0.2) is 0 Å². The number of esters is 1. The first-order valence-corrected chi connectivity index (χ1v) is 16.4. The van der Waals surface area contributed by atoms with Gasteiger partial charge in [-0.05, 0) is 51.4 Å². The first-order chi connectivity index (χ1) is 19.7. The third-order valence-electron chi connectivity index (χ3n) is 6.61. The van der Waals surface area contributed by atoms with Crippen molar-refractivity contribution < 1.29 is 19.4 Å². The molecular formula is C36H62O4. The molecule has 0 rings (SSSR count). The Morgan fingerprint density at radius 3 is 1.60 bits per heavy atom. The largest absolute Gasteiger partial charge is 0.457 e. The van der Waals surface area contributed by atoms with Crippen LogP contribution in [0.2, 0.25) is 0 Å². The number of hydrogen-bond donors (Lipinski definition) is 1. The number of rotatable bonds is 29. The van der Waals surface area contributed by atoms with E-state index in [0.717, 1.165) is 51.4 Å². The fourth-order valence-electron chi connectivity index (χ4n) is 4.18. The van der Waals surface area contributed by atoms with Gasteiger partial charge >= 0.3 is 5.97 Å². The van der Waals surface area contributed by atoms with Crippen LogP contribution in [0, 0.1) is 0 Å². The van der Waals surface area contributed by atoms with Crippen LogP contribution in [0.1, 0.15) is 136 Å². The van der Waals surface area contributed by atoms with Crippen LogP contribution in [0.5, 0.6) is 0 Å². The molecule has 4 heteroatoms. The Kier molecular flexibility index (Phi) is 31.7. The molecule has 0 fully saturated rings. The Labute approximate surface area is 247 Å². The smallest absolute Gasteiger partial charge is 0.306 e. The Balaban J connectivity index is 3.62. The zero-order valence-electron chi connectivity index (χ0n) is 26.1. The van der Waals surface area contributed by atoms with Crippen LogP contribution < -0.4 is 0 Å². The molecule has 1 N–H and O–H groups in total. The van der Waals surface area contributed by atoms with E-state index in [0.29, 0.717) is 13.0 Å². The van der Waals surface area contributed by atoms with Gasteiger partial charge in [-0.3, -0.25) is 4.79 Å². The lowest BCUT2D eigenvalue weighted by molar-refractivity contribution is -0.154. The van der Waals surface area contributed by atoms with Gasteiger partial charge < -0.3 is 14.6 Å². The molecule has 0 aromatic rings. The van der Waals surface area contributed by atoms with E-state index >= 15 is 0 Å². The van der Waals surface area contributed by atoms with Gasteiger partial charge in [-0.25, -0.2) is 0 Å². The van der Waals surface area contributed by atoms with Crippen molar-refractivity contribution in [1.82, 2.24) is 0 Å². The summed E-state index contributed by atoms with van der Waals surface area (Å²) in [5.41, 5.74) is 0. The van der Waals surface area contributed by atoms with Crippen molar-refractivity contribution in [3.8, 4) is 0 Å².